The van der Waals surface area contributed by atoms with Crippen LogP contribution in [-0.4, -0.2) is 45.1 Å². The van der Waals surface area contributed by atoms with Crippen molar-refractivity contribution in [1.29, 1.82) is 5.26 Å². The fraction of sp³-hybridized carbons (Fsp3) is 0.348. The van der Waals surface area contributed by atoms with Gasteiger partial charge >= 0.3 is 0 Å². The molecule has 1 atom stereocenters. The average molecular weight is 396 g/mol. The van der Waals surface area contributed by atoms with Crippen molar-refractivity contribution < 1.29 is 19.3 Å². The van der Waals surface area contributed by atoms with Crippen molar-refractivity contribution in [2.75, 3.05) is 33.9 Å². The molecule has 0 heterocycles. The van der Waals surface area contributed by atoms with Gasteiger partial charge in [-0.05, 0) is 60.9 Å². The molecule has 154 valence electrons. The predicted molar refractivity (Wildman–Crippen MR) is 113 cm³/mol. The van der Waals surface area contributed by atoms with Crippen LogP contribution in [0.25, 0.3) is 5.57 Å². The zero-order chi connectivity index (χ0) is 21.1. The Morgan fingerprint density at radius 1 is 1.14 bits per heavy atom. The van der Waals surface area contributed by atoms with Crippen molar-refractivity contribution in [3.05, 3.63) is 59.7 Å². The van der Waals surface area contributed by atoms with Gasteiger partial charge in [-0.2, -0.15) is 5.26 Å². The first-order valence-corrected chi connectivity index (χ1v) is 9.46. The summed E-state index contributed by atoms with van der Waals surface area (Å²) in [4.78, 5) is 0. The molecule has 0 unspecified atom stereocenters. The lowest BCUT2D eigenvalue weighted by atomic mass is 10.1. The van der Waals surface area contributed by atoms with E-state index in [0.717, 1.165) is 29.7 Å². The maximum absolute atomic E-state index is 10.1. The summed E-state index contributed by atoms with van der Waals surface area (Å²) in [6, 6.07) is 15.3. The lowest BCUT2D eigenvalue weighted by Crippen LogP contribution is -2.32. The molecule has 0 saturated carbocycles. The van der Waals surface area contributed by atoms with Gasteiger partial charge in [0.25, 0.3) is 0 Å². The Balaban J connectivity index is 1.70. The van der Waals surface area contributed by atoms with Crippen LogP contribution in [0.4, 0.5) is 0 Å². The minimum Gasteiger partial charge on any atom is -0.493 e. The molecule has 2 aromatic carbocycles. The third-order valence-electron chi connectivity index (χ3n) is 4.45. The molecule has 2 aromatic rings. The van der Waals surface area contributed by atoms with Crippen LogP contribution < -0.4 is 19.5 Å². The number of hydrogen-bond donors (Lipinski definition) is 2. The van der Waals surface area contributed by atoms with Gasteiger partial charge in [0.05, 0.1) is 20.3 Å². The topological polar surface area (TPSA) is 83.7 Å². The molecule has 0 aromatic heterocycles. The monoisotopic (exact) mass is 396 g/mol. The van der Waals surface area contributed by atoms with Crippen LogP contribution in [0.3, 0.4) is 0 Å². The molecule has 29 heavy (non-hydrogen) atoms. The van der Waals surface area contributed by atoms with Crippen LogP contribution in [0.5, 0.6) is 17.2 Å². The number of nitrogens with one attached hydrogen (secondary N) is 1. The normalized spacial score (nSPS) is 12.2. The van der Waals surface area contributed by atoms with Crippen LogP contribution in [0.1, 0.15) is 18.1 Å². The van der Waals surface area contributed by atoms with E-state index in [9.17, 15) is 5.11 Å². The number of rotatable bonds is 11. The van der Waals surface area contributed by atoms with E-state index in [2.05, 4.69) is 5.32 Å². The fourth-order valence-electron chi connectivity index (χ4n) is 2.78. The summed E-state index contributed by atoms with van der Waals surface area (Å²) >= 11 is 0. The standard InChI is InChI=1S/C23H28N2O4/c1-17(10-12-24)19-5-7-21(8-6-19)29-16-20(26)15-25-13-11-18-4-9-22(27-2)23(14-18)28-3/h4-10,14,20,25-26H,11,13,15-16H2,1-3H3/b17-10-/t20-/m1/s1. The van der Waals surface area contributed by atoms with E-state index < -0.39 is 6.10 Å². The molecule has 2 rings (SSSR count). The second kappa shape index (κ2) is 11.7. The molecule has 0 aliphatic rings. The maximum atomic E-state index is 10.1. The van der Waals surface area contributed by atoms with Gasteiger partial charge in [-0.3, -0.25) is 0 Å². The van der Waals surface area contributed by atoms with Crippen LogP contribution in [0.15, 0.2) is 48.5 Å². The summed E-state index contributed by atoms with van der Waals surface area (Å²) in [7, 11) is 3.23. The van der Waals surface area contributed by atoms with Crippen molar-refractivity contribution in [2.24, 2.45) is 0 Å². The Kier molecular flexibility index (Phi) is 9.03. The Labute approximate surface area is 172 Å². The van der Waals surface area contributed by atoms with E-state index in [1.807, 2.05) is 55.5 Å². The molecule has 0 aliphatic heterocycles. The molecule has 6 heteroatoms. The number of allylic oxidation sites excluding steroid dienone is 2. The van der Waals surface area contributed by atoms with E-state index >= 15 is 0 Å². The van der Waals surface area contributed by atoms with Crippen LogP contribution >= 0.6 is 0 Å². The smallest absolute Gasteiger partial charge is 0.160 e. The van der Waals surface area contributed by atoms with Gasteiger partial charge in [0.2, 0.25) is 0 Å². The Morgan fingerprint density at radius 2 is 1.86 bits per heavy atom. The first-order chi connectivity index (χ1) is 14.1. The van der Waals surface area contributed by atoms with E-state index in [-0.39, 0.29) is 6.61 Å². The van der Waals surface area contributed by atoms with Crippen LogP contribution in [0.2, 0.25) is 0 Å². The maximum Gasteiger partial charge on any atom is 0.160 e. The van der Waals surface area contributed by atoms with Crippen LogP contribution in [-0.2, 0) is 6.42 Å². The highest BCUT2D eigenvalue weighted by Gasteiger charge is 2.07. The van der Waals surface area contributed by atoms with Crippen molar-refractivity contribution in [3.8, 4) is 23.3 Å². The molecule has 0 saturated heterocycles. The predicted octanol–water partition coefficient (Wildman–Crippen LogP) is 3.20. The largest absolute Gasteiger partial charge is 0.493 e. The SMILES string of the molecule is COc1ccc(CCNC[C@@H](O)COc2ccc(/C(C)=C\C#N)cc2)cc1OC. The molecule has 0 bridgehead atoms. The van der Waals surface area contributed by atoms with Crippen molar-refractivity contribution in [1.82, 2.24) is 5.32 Å². The highest BCUT2D eigenvalue weighted by atomic mass is 16.5. The summed E-state index contributed by atoms with van der Waals surface area (Å²) in [6.45, 7) is 3.26. The van der Waals surface area contributed by atoms with Gasteiger partial charge in [0, 0.05) is 12.6 Å². The van der Waals surface area contributed by atoms with Gasteiger partial charge in [-0.1, -0.05) is 18.2 Å². The highest BCUT2D eigenvalue weighted by molar-refractivity contribution is 5.66. The number of benzene rings is 2. The lowest BCUT2D eigenvalue weighted by molar-refractivity contribution is 0.106. The van der Waals surface area contributed by atoms with Gasteiger partial charge in [-0.15, -0.1) is 0 Å². The number of nitriles is 1. The molecule has 6 nitrogen and oxygen atoms in total. The third-order valence-corrected chi connectivity index (χ3v) is 4.45. The van der Waals surface area contributed by atoms with E-state index in [1.165, 1.54) is 6.08 Å². The van der Waals surface area contributed by atoms with Crippen molar-refractivity contribution >= 4 is 5.57 Å². The zero-order valence-electron chi connectivity index (χ0n) is 17.1. The number of aliphatic hydroxyl groups is 1. The quantitative estimate of drug-likeness (QED) is 0.448. The molecule has 0 fully saturated rings. The third kappa shape index (κ3) is 7.15. The summed E-state index contributed by atoms with van der Waals surface area (Å²) < 4.78 is 16.2. The summed E-state index contributed by atoms with van der Waals surface area (Å²) in [5, 5.41) is 22.0. The van der Waals surface area contributed by atoms with Crippen molar-refractivity contribution in [3.63, 3.8) is 0 Å². The molecular formula is C23H28N2O4. The Hall–Kier alpha value is -3.01. The summed E-state index contributed by atoms with van der Waals surface area (Å²) in [6.07, 6.45) is 1.71. The molecule has 0 aliphatic carbocycles. The number of aliphatic hydroxyl groups excluding tert-OH is 1. The average Bonchev–Trinajstić information content (AvgIpc) is 2.75. The van der Waals surface area contributed by atoms with Gasteiger partial charge in [0.15, 0.2) is 11.5 Å². The Bertz CT molecular complexity index is 841. The van der Waals surface area contributed by atoms with Crippen LogP contribution in [0, 0.1) is 11.3 Å². The molecular weight excluding hydrogens is 368 g/mol. The molecule has 0 spiro atoms. The zero-order valence-corrected chi connectivity index (χ0v) is 17.1. The van der Waals surface area contributed by atoms with Crippen molar-refractivity contribution in [2.45, 2.75) is 19.4 Å². The number of nitrogens with zero attached hydrogens (tertiary/aromatic N) is 1. The van der Waals surface area contributed by atoms with E-state index in [1.54, 1.807) is 14.2 Å². The Morgan fingerprint density at radius 3 is 2.52 bits per heavy atom. The van der Waals surface area contributed by atoms with Gasteiger partial charge in [-0.25, -0.2) is 0 Å². The summed E-state index contributed by atoms with van der Waals surface area (Å²) in [5.41, 5.74) is 3.00. The molecule has 0 amide bonds. The second-order valence-corrected chi connectivity index (χ2v) is 6.59. The van der Waals surface area contributed by atoms with E-state index in [0.29, 0.717) is 23.8 Å². The fourth-order valence-corrected chi connectivity index (χ4v) is 2.78. The van der Waals surface area contributed by atoms with Gasteiger partial charge < -0.3 is 24.6 Å². The lowest BCUT2D eigenvalue weighted by Gasteiger charge is -2.14. The number of hydrogen-bond acceptors (Lipinski definition) is 6. The minimum atomic E-state index is -0.611. The first kappa shape index (κ1) is 22.3. The molecule has 2 N–H and O–H groups in total. The van der Waals surface area contributed by atoms with Gasteiger partial charge in [0.1, 0.15) is 18.5 Å². The van der Waals surface area contributed by atoms with E-state index in [4.69, 9.17) is 19.5 Å². The highest BCUT2D eigenvalue weighted by Crippen LogP contribution is 2.27. The summed E-state index contributed by atoms with van der Waals surface area (Å²) in [5.74, 6) is 2.10. The first-order valence-electron chi connectivity index (χ1n) is 9.46. The number of methoxy groups -OCH3 is 2. The minimum absolute atomic E-state index is 0.204. The number of ether oxygens (including phenoxy) is 3. The second-order valence-electron chi connectivity index (χ2n) is 6.59. The molecule has 0 radical (unpaired) electrons.